The molecule has 62 valence electrons. The summed E-state index contributed by atoms with van der Waals surface area (Å²) >= 11 is 0. The van der Waals surface area contributed by atoms with Crippen molar-refractivity contribution in [1.29, 1.82) is 0 Å². The van der Waals surface area contributed by atoms with Crippen LogP contribution in [0.3, 0.4) is 0 Å². The van der Waals surface area contributed by atoms with Gasteiger partial charge in [0.15, 0.2) is 0 Å². The van der Waals surface area contributed by atoms with Crippen LogP contribution in [0.25, 0.3) is 0 Å². The highest BCUT2D eigenvalue weighted by Crippen LogP contribution is 2.42. The van der Waals surface area contributed by atoms with Gasteiger partial charge >= 0.3 is 24.8 Å². The first-order valence-corrected chi connectivity index (χ1v) is 5.63. The molecule has 0 radical (unpaired) electrons. The molecule has 2 N–H and O–H groups in total. The lowest BCUT2D eigenvalue weighted by molar-refractivity contribution is 0.356. The van der Waals surface area contributed by atoms with E-state index in [4.69, 9.17) is 9.79 Å². The van der Waals surface area contributed by atoms with Crippen molar-refractivity contribution in [2.24, 2.45) is 0 Å². The largest absolute Gasteiger partial charge is 0.333 e. The minimum Gasteiger partial charge on any atom is -0.326 e. The molecule has 10 heavy (non-hydrogen) atoms. The van der Waals surface area contributed by atoms with Crippen LogP contribution in [0, 0.1) is 0 Å². The zero-order valence-electron chi connectivity index (χ0n) is 4.44. The summed E-state index contributed by atoms with van der Waals surface area (Å²) in [6.07, 6.45) is 0. The molecule has 0 amide bonds. The van der Waals surface area contributed by atoms with Crippen molar-refractivity contribution in [3.63, 3.8) is 0 Å². The van der Waals surface area contributed by atoms with Crippen molar-refractivity contribution in [1.82, 2.24) is 0 Å². The summed E-state index contributed by atoms with van der Waals surface area (Å²) in [5.41, 5.74) is 0. The molecule has 0 aromatic heterocycles. The van der Waals surface area contributed by atoms with Crippen LogP contribution < -0.4 is 0 Å². The first kappa shape index (κ1) is 10.5. The van der Waals surface area contributed by atoms with Crippen molar-refractivity contribution in [3.05, 3.63) is 0 Å². The van der Waals surface area contributed by atoms with Crippen LogP contribution in [0.1, 0.15) is 0 Å². The quantitative estimate of drug-likeness (QED) is 0.636. The van der Waals surface area contributed by atoms with Gasteiger partial charge in [-0.3, -0.25) is 13.7 Å². The SMILES string of the molecule is O=[PH](O)O[PH](=O)O[PH](=O)O. The number of rotatable bonds is 4. The fourth-order valence-corrected chi connectivity index (χ4v) is 1.85. The Bertz CT molecular complexity index is 152. The molecular weight excluding hydrogens is 205 g/mol. The molecule has 7 nitrogen and oxygen atoms in total. The van der Waals surface area contributed by atoms with Crippen LogP contribution in [-0.4, -0.2) is 9.79 Å². The summed E-state index contributed by atoms with van der Waals surface area (Å²) in [5.74, 6) is 0. The molecule has 10 heteroatoms. The molecule has 2 atom stereocenters. The van der Waals surface area contributed by atoms with Crippen LogP contribution in [0.4, 0.5) is 0 Å². The fraction of sp³-hybridized carbons (Fsp3) is 0. The Morgan fingerprint density at radius 2 is 1.20 bits per heavy atom. The normalized spacial score (nSPS) is 19.8. The lowest BCUT2D eigenvalue weighted by Gasteiger charge is -1.96. The van der Waals surface area contributed by atoms with Crippen LogP contribution >= 0.6 is 24.8 Å². The summed E-state index contributed by atoms with van der Waals surface area (Å²) in [6, 6.07) is 0. The third-order valence-corrected chi connectivity index (χ3v) is 3.07. The zero-order chi connectivity index (χ0) is 8.15. The third-order valence-electron chi connectivity index (χ3n) is 0.341. The van der Waals surface area contributed by atoms with E-state index in [0.717, 1.165) is 0 Å². The van der Waals surface area contributed by atoms with Gasteiger partial charge in [0, 0.05) is 0 Å². The first-order valence-electron chi connectivity index (χ1n) is 1.88. The molecule has 2 unspecified atom stereocenters. The minimum atomic E-state index is -3.35. The highest BCUT2D eigenvalue weighted by molar-refractivity contribution is 7.52. The highest BCUT2D eigenvalue weighted by Gasteiger charge is 2.04. The van der Waals surface area contributed by atoms with Gasteiger partial charge in [0.25, 0.3) is 0 Å². The van der Waals surface area contributed by atoms with Crippen LogP contribution in [-0.2, 0) is 22.3 Å². The van der Waals surface area contributed by atoms with Crippen molar-refractivity contribution < 1.29 is 32.1 Å². The smallest absolute Gasteiger partial charge is 0.326 e. The van der Waals surface area contributed by atoms with Gasteiger partial charge in [-0.15, -0.1) is 0 Å². The molecule has 0 aliphatic carbocycles. The van der Waals surface area contributed by atoms with E-state index in [2.05, 4.69) is 8.62 Å². The molecule has 0 saturated carbocycles. The van der Waals surface area contributed by atoms with Gasteiger partial charge in [-0.1, -0.05) is 0 Å². The number of hydrogen-bond acceptors (Lipinski definition) is 5. The molecular formula is H5O7P3. The van der Waals surface area contributed by atoms with Gasteiger partial charge in [-0.25, -0.2) is 8.62 Å². The van der Waals surface area contributed by atoms with E-state index in [-0.39, 0.29) is 0 Å². The van der Waals surface area contributed by atoms with E-state index >= 15 is 0 Å². The standard InChI is InChI=1S/H5O7P3/c1-8(2)6-10(5)7-9(3)4/h8-10H,(H,1,2)(H,3,4). The Kier molecular flexibility index (Phi) is 5.49. The minimum absolute atomic E-state index is 3.27. The van der Waals surface area contributed by atoms with E-state index in [9.17, 15) is 13.7 Å². The van der Waals surface area contributed by atoms with Crippen molar-refractivity contribution in [2.75, 3.05) is 0 Å². The summed E-state index contributed by atoms with van der Waals surface area (Å²) in [4.78, 5) is 15.9. The lowest BCUT2D eigenvalue weighted by atomic mass is 15.7. The molecule has 0 heterocycles. The van der Waals surface area contributed by atoms with E-state index in [1.54, 1.807) is 0 Å². The van der Waals surface area contributed by atoms with E-state index < -0.39 is 24.8 Å². The lowest BCUT2D eigenvalue weighted by Crippen LogP contribution is -1.66. The maximum absolute atomic E-state index is 10.1. The Morgan fingerprint density at radius 1 is 0.900 bits per heavy atom. The Balaban J connectivity index is 3.65. The molecule has 0 spiro atoms. The van der Waals surface area contributed by atoms with Gasteiger partial charge in [0.2, 0.25) is 0 Å². The molecule has 0 saturated heterocycles. The second-order valence-corrected chi connectivity index (χ2v) is 4.18. The maximum Gasteiger partial charge on any atom is 0.333 e. The summed E-state index contributed by atoms with van der Waals surface area (Å²) in [6.45, 7) is 0. The Hall–Kier alpha value is 0.530. The van der Waals surface area contributed by atoms with Crippen molar-refractivity contribution in [2.45, 2.75) is 0 Å². The van der Waals surface area contributed by atoms with Crippen LogP contribution in [0.5, 0.6) is 0 Å². The van der Waals surface area contributed by atoms with E-state index in [1.807, 2.05) is 0 Å². The topological polar surface area (TPSA) is 110 Å². The van der Waals surface area contributed by atoms with Gasteiger partial charge in [0.05, 0.1) is 0 Å². The molecule has 0 aromatic rings. The second-order valence-electron chi connectivity index (χ2n) is 0.986. The highest BCUT2D eigenvalue weighted by atomic mass is 31.2. The van der Waals surface area contributed by atoms with Crippen molar-refractivity contribution >= 4 is 24.8 Å². The van der Waals surface area contributed by atoms with Gasteiger partial charge in [-0.05, 0) is 0 Å². The molecule has 0 aliphatic heterocycles. The van der Waals surface area contributed by atoms with Gasteiger partial charge < -0.3 is 9.79 Å². The summed E-state index contributed by atoms with van der Waals surface area (Å²) < 4.78 is 36.9. The van der Waals surface area contributed by atoms with Crippen molar-refractivity contribution in [3.8, 4) is 0 Å². The van der Waals surface area contributed by atoms with Crippen LogP contribution in [0.15, 0.2) is 0 Å². The maximum atomic E-state index is 10.1. The predicted molar refractivity (Wildman–Crippen MR) is 33.6 cm³/mol. The Morgan fingerprint density at radius 3 is 1.40 bits per heavy atom. The molecule has 0 bridgehead atoms. The number of hydrogen-bond donors (Lipinski definition) is 2. The zero-order valence-corrected chi connectivity index (χ0v) is 7.44. The van der Waals surface area contributed by atoms with E-state index in [0.29, 0.717) is 0 Å². The van der Waals surface area contributed by atoms with Crippen LogP contribution in [0.2, 0.25) is 0 Å². The Labute approximate surface area is 57.8 Å². The average molecular weight is 210 g/mol. The average Bonchev–Trinajstić information content (AvgIpc) is 1.58. The predicted octanol–water partition coefficient (Wildman–Crippen LogP) is 0.173. The fourth-order valence-electron chi connectivity index (χ4n) is 0.163. The second kappa shape index (κ2) is 5.22. The summed E-state index contributed by atoms with van der Waals surface area (Å²) in [5, 5.41) is 0. The molecule has 0 aromatic carbocycles. The van der Waals surface area contributed by atoms with E-state index in [1.165, 1.54) is 0 Å². The third kappa shape index (κ3) is 6.65. The molecule has 0 rings (SSSR count). The molecule has 0 fully saturated rings. The van der Waals surface area contributed by atoms with Gasteiger partial charge in [-0.2, -0.15) is 0 Å². The van der Waals surface area contributed by atoms with Gasteiger partial charge in [0.1, 0.15) is 0 Å². The molecule has 0 aliphatic rings. The first-order chi connectivity index (χ1) is 4.52. The monoisotopic (exact) mass is 210 g/mol. The summed E-state index contributed by atoms with van der Waals surface area (Å²) in [7, 11) is -9.98.